The molecular weight excluding hydrogens is 409 g/mol. The lowest BCUT2D eigenvalue weighted by molar-refractivity contribution is 0.0876. The number of ether oxygens (including phenoxy) is 3. The number of nitrogens with zero attached hydrogens (tertiary/aromatic N) is 1. The normalized spacial score (nSPS) is 16.3. The second-order valence-corrected chi connectivity index (χ2v) is 7.97. The molecule has 32 heavy (non-hydrogen) atoms. The van der Waals surface area contributed by atoms with E-state index in [0.717, 1.165) is 34.7 Å². The van der Waals surface area contributed by atoms with Crippen LogP contribution in [0.25, 0.3) is 6.08 Å². The quantitative estimate of drug-likeness (QED) is 0.537. The summed E-state index contributed by atoms with van der Waals surface area (Å²) < 4.78 is 30.7. The molecule has 3 aromatic rings. The fourth-order valence-corrected chi connectivity index (χ4v) is 4.13. The molecule has 2 heterocycles. The molecule has 0 saturated heterocycles. The van der Waals surface area contributed by atoms with Crippen molar-refractivity contribution in [3.63, 3.8) is 0 Å². The molecule has 0 atom stereocenters. The lowest BCUT2D eigenvalue weighted by atomic mass is 10.00. The summed E-state index contributed by atoms with van der Waals surface area (Å²) >= 11 is 0. The van der Waals surface area contributed by atoms with Gasteiger partial charge in [0.15, 0.2) is 5.76 Å². The van der Waals surface area contributed by atoms with Gasteiger partial charge < -0.3 is 14.2 Å². The lowest BCUT2D eigenvalue weighted by Gasteiger charge is -2.30. The van der Waals surface area contributed by atoms with Crippen molar-refractivity contribution >= 4 is 11.9 Å². The van der Waals surface area contributed by atoms with Gasteiger partial charge in [-0.3, -0.25) is 9.69 Å². The number of methoxy groups -OCH3 is 1. The summed E-state index contributed by atoms with van der Waals surface area (Å²) in [6.45, 7) is 3.72. The summed E-state index contributed by atoms with van der Waals surface area (Å²) in [5, 5.41) is 0. The highest BCUT2D eigenvalue weighted by atomic mass is 19.1. The molecule has 0 saturated carbocycles. The van der Waals surface area contributed by atoms with Gasteiger partial charge in [-0.15, -0.1) is 0 Å². The van der Waals surface area contributed by atoms with E-state index in [4.69, 9.17) is 14.2 Å². The van der Waals surface area contributed by atoms with Crippen LogP contribution in [0.4, 0.5) is 4.39 Å². The van der Waals surface area contributed by atoms with Crippen LogP contribution in [-0.2, 0) is 13.1 Å². The first-order chi connectivity index (χ1) is 15.5. The molecule has 0 spiro atoms. The van der Waals surface area contributed by atoms with Gasteiger partial charge in [0.1, 0.15) is 29.8 Å². The number of hydrogen-bond acceptors (Lipinski definition) is 5. The van der Waals surface area contributed by atoms with Crippen molar-refractivity contribution in [1.82, 2.24) is 4.90 Å². The zero-order valence-corrected chi connectivity index (χ0v) is 17.9. The number of benzene rings is 3. The molecule has 162 valence electrons. The van der Waals surface area contributed by atoms with E-state index >= 15 is 0 Å². The van der Waals surface area contributed by atoms with Gasteiger partial charge in [-0.05, 0) is 54.5 Å². The SMILES string of the molecule is COc1ccc(CN2COc3c(cc4c(c3C)O/C(=C\c3cccc(F)c3)C4=O)C2)cc1. The maximum absolute atomic E-state index is 13.5. The average molecular weight is 431 g/mol. The first-order valence-electron chi connectivity index (χ1n) is 10.4. The smallest absolute Gasteiger partial charge is 0.231 e. The Hall–Kier alpha value is -3.64. The molecule has 5 nitrogen and oxygen atoms in total. The van der Waals surface area contributed by atoms with Crippen molar-refractivity contribution in [3.8, 4) is 17.2 Å². The summed E-state index contributed by atoms with van der Waals surface area (Å²) in [5.74, 6) is 1.71. The van der Waals surface area contributed by atoms with E-state index in [1.807, 2.05) is 37.3 Å². The number of hydrogen-bond donors (Lipinski definition) is 0. The van der Waals surface area contributed by atoms with Gasteiger partial charge in [-0.25, -0.2) is 4.39 Å². The van der Waals surface area contributed by atoms with E-state index in [1.54, 1.807) is 25.3 Å². The summed E-state index contributed by atoms with van der Waals surface area (Å²) in [4.78, 5) is 15.2. The van der Waals surface area contributed by atoms with Crippen molar-refractivity contribution < 1.29 is 23.4 Å². The van der Waals surface area contributed by atoms with Crippen molar-refractivity contribution in [2.24, 2.45) is 0 Å². The zero-order chi connectivity index (χ0) is 22.2. The summed E-state index contributed by atoms with van der Waals surface area (Å²) in [5.41, 5.74) is 3.99. The first kappa shape index (κ1) is 20.3. The van der Waals surface area contributed by atoms with Crippen LogP contribution in [0.2, 0.25) is 0 Å². The van der Waals surface area contributed by atoms with Crippen molar-refractivity contribution in [3.05, 3.63) is 94.0 Å². The Morgan fingerprint density at radius 2 is 1.94 bits per heavy atom. The van der Waals surface area contributed by atoms with E-state index in [2.05, 4.69) is 4.90 Å². The highest BCUT2D eigenvalue weighted by molar-refractivity contribution is 6.15. The fourth-order valence-electron chi connectivity index (χ4n) is 4.13. The van der Waals surface area contributed by atoms with Crippen LogP contribution < -0.4 is 14.2 Å². The van der Waals surface area contributed by atoms with Crippen LogP contribution in [-0.4, -0.2) is 24.5 Å². The fraction of sp³-hybridized carbons (Fsp3) is 0.192. The highest BCUT2D eigenvalue weighted by Gasteiger charge is 2.33. The van der Waals surface area contributed by atoms with Gasteiger partial charge in [-0.2, -0.15) is 0 Å². The topological polar surface area (TPSA) is 48.0 Å². The Kier molecular flexibility index (Phi) is 5.15. The van der Waals surface area contributed by atoms with Crippen molar-refractivity contribution in [2.75, 3.05) is 13.8 Å². The second-order valence-electron chi connectivity index (χ2n) is 7.97. The predicted octanol–water partition coefficient (Wildman–Crippen LogP) is 5.11. The van der Waals surface area contributed by atoms with Gasteiger partial charge >= 0.3 is 0 Å². The predicted molar refractivity (Wildman–Crippen MR) is 118 cm³/mol. The van der Waals surface area contributed by atoms with Gasteiger partial charge in [0, 0.05) is 24.2 Å². The molecule has 0 aliphatic carbocycles. The molecule has 0 unspecified atom stereocenters. The highest BCUT2D eigenvalue weighted by Crippen LogP contribution is 2.43. The maximum atomic E-state index is 13.5. The van der Waals surface area contributed by atoms with Gasteiger partial charge in [0.25, 0.3) is 0 Å². The van der Waals surface area contributed by atoms with E-state index in [0.29, 0.717) is 30.2 Å². The van der Waals surface area contributed by atoms with Crippen LogP contribution >= 0.6 is 0 Å². The molecule has 0 bridgehead atoms. The Morgan fingerprint density at radius 1 is 1.12 bits per heavy atom. The first-order valence-corrected chi connectivity index (χ1v) is 10.4. The minimum absolute atomic E-state index is 0.186. The van der Waals surface area contributed by atoms with Crippen LogP contribution in [0.5, 0.6) is 17.2 Å². The lowest BCUT2D eigenvalue weighted by Crippen LogP contribution is -2.32. The number of ketones is 1. The molecular formula is C26H22FNO4. The van der Waals surface area contributed by atoms with E-state index in [-0.39, 0.29) is 17.4 Å². The Balaban J connectivity index is 1.39. The molecule has 0 N–H and O–H groups in total. The van der Waals surface area contributed by atoms with Gasteiger partial charge in [-0.1, -0.05) is 24.3 Å². The monoisotopic (exact) mass is 431 g/mol. The van der Waals surface area contributed by atoms with E-state index in [1.165, 1.54) is 12.1 Å². The number of fused-ring (bicyclic) bond motifs is 2. The largest absolute Gasteiger partial charge is 0.497 e. The van der Waals surface area contributed by atoms with Gasteiger partial charge in [0.05, 0.1) is 12.7 Å². The number of rotatable bonds is 4. The molecule has 0 fully saturated rings. The Bertz CT molecular complexity index is 1230. The average Bonchev–Trinajstić information content (AvgIpc) is 3.10. The summed E-state index contributed by atoms with van der Waals surface area (Å²) in [6.07, 6.45) is 1.57. The van der Waals surface area contributed by atoms with E-state index < -0.39 is 0 Å². The number of Topliss-reactive ketones (excluding diaryl/α,β-unsaturated/α-hetero) is 1. The summed E-state index contributed by atoms with van der Waals surface area (Å²) in [6, 6.07) is 15.9. The third-order valence-corrected chi connectivity index (χ3v) is 5.71. The minimum atomic E-state index is -0.362. The van der Waals surface area contributed by atoms with Crippen LogP contribution in [0.1, 0.15) is 32.6 Å². The standard InChI is InChI=1S/C26H22FNO4/c1-16-25-19(14-28(15-31-25)13-17-6-8-21(30-2)9-7-17)12-22-24(29)23(32-26(16)22)11-18-4-3-5-20(27)10-18/h3-12H,13-15H2,1-2H3/b23-11-. The molecule has 2 aliphatic rings. The van der Waals surface area contributed by atoms with Crippen LogP contribution in [0, 0.1) is 12.7 Å². The Morgan fingerprint density at radius 3 is 2.69 bits per heavy atom. The van der Waals surface area contributed by atoms with Crippen molar-refractivity contribution in [2.45, 2.75) is 20.0 Å². The summed E-state index contributed by atoms with van der Waals surface area (Å²) in [7, 11) is 1.65. The number of carbonyl (C=O) groups is 1. The van der Waals surface area contributed by atoms with Crippen LogP contribution in [0.15, 0.2) is 60.4 Å². The minimum Gasteiger partial charge on any atom is -0.497 e. The molecule has 2 aliphatic heterocycles. The van der Waals surface area contributed by atoms with Crippen molar-refractivity contribution in [1.29, 1.82) is 0 Å². The molecule has 3 aromatic carbocycles. The maximum Gasteiger partial charge on any atom is 0.231 e. The molecule has 0 radical (unpaired) electrons. The third kappa shape index (κ3) is 3.74. The molecule has 0 amide bonds. The van der Waals surface area contributed by atoms with E-state index in [9.17, 15) is 9.18 Å². The zero-order valence-electron chi connectivity index (χ0n) is 17.9. The Labute approximate surface area is 185 Å². The number of allylic oxidation sites excluding steroid dienone is 1. The van der Waals surface area contributed by atoms with Crippen LogP contribution in [0.3, 0.4) is 0 Å². The number of carbonyl (C=O) groups excluding carboxylic acids is 1. The molecule has 0 aromatic heterocycles. The molecule has 5 rings (SSSR count). The molecule has 6 heteroatoms. The second kappa shape index (κ2) is 8.13. The number of halogens is 1. The third-order valence-electron chi connectivity index (χ3n) is 5.71. The van der Waals surface area contributed by atoms with Gasteiger partial charge in [0.2, 0.25) is 5.78 Å².